The fourth-order valence-corrected chi connectivity index (χ4v) is 4.51. The quantitative estimate of drug-likeness (QED) is 0.189. The van der Waals surface area contributed by atoms with E-state index >= 15 is 0 Å². The maximum Gasteiger partial charge on any atom is 0.199 e. The van der Waals surface area contributed by atoms with Crippen LogP contribution in [0, 0.1) is 0 Å². The Labute approximate surface area is 254 Å². The van der Waals surface area contributed by atoms with Crippen molar-refractivity contribution in [2.45, 2.75) is 19.4 Å². The first kappa shape index (κ1) is 34.5. The first-order valence-electron chi connectivity index (χ1n) is 14.6. The summed E-state index contributed by atoms with van der Waals surface area (Å²) in [6.07, 6.45) is 1.11. The fourth-order valence-electron chi connectivity index (χ4n) is 4.51. The molecule has 1 saturated heterocycles. The van der Waals surface area contributed by atoms with Crippen LogP contribution >= 0.6 is 0 Å². The highest BCUT2D eigenvalue weighted by atomic mass is 16.5. The van der Waals surface area contributed by atoms with Crippen LogP contribution in [-0.2, 0) is 43.1 Å². The summed E-state index contributed by atoms with van der Waals surface area (Å²) < 4.78 is 45.2. The molecule has 2 aromatic carbocycles. The molecule has 0 bridgehead atoms. The molecule has 43 heavy (non-hydrogen) atoms. The van der Waals surface area contributed by atoms with Gasteiger partial charge in [0, 0.05) is 46.7 Å². The molecule has 1 fully saturated rings. The van der Waals surface area contributed by atoms with Gasteiger partial charge in [0.15, 0.2) is 5.89 Å². The molecule has 2 heterocycles. The molecule has 1 aliphatic heterocycles. The molecule has 0 radical (unpaired) electrons. The molecule has 11 heteroatoms. The lowest BCUT2D eigenvalue weighted by atomic mass is 10.1. The van der Waals surface area contributed by atoms with Crippen molar-refractivity contribution >= 4 is 0 Å². The molecular weight excluding hydrogens is 554 g/mol. The molecule has 0 unspecified atom stereocenters. The van der Waals surface area contributed by atoms with Crippen molar-refractivity contribution in [3.63, 3.8) is 0 Å². The van der Waals surface area contributed by atoms with Gasteiger partial charge in [-0.2, -0.15) is 0 Å². The standard InChI is InChI=1S/C32H44N2O8.H3N/c1-35-15-19-40-28-7-3-5-26(21-28)23-31-30(25-39-18-17-38-14-11-34-9-12-37-13-10-34)33-32(42-31)24-27-6-4-8-29(22-27)41-20-16-36-2;/h3-8,21-22H,9-20,23-25H2,1-2H3;1H3. The van der Waals surface area contributed by atoms with E-state index in [1.54, 1.807) is 14.2 Å². The van der Waals surface area contributed by atoms with E-state index in [1.807, 2.05) is 42.5 Å². The molecule has 0 saturated carbocycles. The second-order valence-corrected chi connectivity index (χ2v) is 9.93. The molecule has 0 atom stereocenters. The largest absolute Gasteiger partial charge is 0.491 e. The molecule has 1 aromatic heterocycles. The van der Waals surface area contributed by atoms with E-state index in [0.29, 0.717) is 71.6 Å². The van der Waals surface area contributed by atoms with E-state index in [4.69, 9.17) is 42.6 Å². The van der Waals surface area contributed by atoms with Crippen molar-refractivity contribution < 1.29 is 37.6 Å². The second kappa shape index (κ2) is 20.0. The lowest BCUT2D eigenvalue weighted by Crippen LogP contribution is -2.38. The van der Waals surface area contributed by atoms with Gasteiger partial charge < -0.3 is 43.7 Å². The van der Waals surface area contributed by atoms with Crippen LogP contribution in [0.25, 0.3) is 0 Å². The predicted molar refractivity (Wildman–Crippen MR) is 162 cm³/mol. The van der Waals surface area contributed by atoms with Gasteiger partial charge in [0.05, 0.1) is 52.9 Å². The van der Waals surface area contributed by atoms with Gasteiger partial charge in [-0.15, -0.1) is 0 Å². The van der Waals surface area contributed by atoms with E-state index in [1.165, 1.54) is 0 Å². The summed E-state index contributed by atoms with van der Waals surface area (Å²) in [6, 6.07) is 15.9. The highest BCUT2D eigenvalue weighted by Crippen LogP contribution is 2.23. The normalized spacial score (nSPS) is 13.5. The number of hydrogen-bond acceptors (Lipinski definition) is 11. The summed E-state index contributed by atoms with van der Waals surface area (Å²) in [4.78, 5) is 7.18. The summed E-state index contributed by atoms with van der Waals surface area (Å²) in [7, 11) is 3.32. The number of hydrogen-bond donors (Lipinski definition) is 1. The van der Waals surface area contributed by atoms with Crippen molar-refractivity contribution in [3.8, 4) is 11.5 Å². The Hall–Kier alpha value is -3.03. The van der Waals surface area contributed by atoms with E-state index in [9.17, 15) is 0 Å². The monoisotopic (exact) mass is 601 g/mol. The molecule has 1 aliphatic rings. The van der Waals surface area contributed by atoms with Crippen molar-refractivity contribution in [1.82, 2.24) is 16.0 Å². The summed E-state index contributed by atoms with van der Waals surface area (Å²) in [5, 5.41) is 0. The Bertz CT molecular complexity index is 1170. The van der Waals surface area contributed by atoms with Gasteiger partial charge in [-0.1, -0.05) is 24.3 Å². The van der Waals surface area contributed by atoms with Gasteiger partial charge in [-0.25, -0.2) is 4.98 Å². The summed E-state index contributed by atoms with van der Waals surface area (Å²) >= 11 is 0. The molecule has 3 N–H and O–H groups in total. The van der Waals surface area contributed by atoms with Crippen LogP contribution < -0.4 is 15.6 Å². The predicted octanol–water partition coefficient (Wildman–Crippen LogP) is 3.93. The minimum atomic E-state index is 0. The summed E-state index contributed by atoms with van der Waals surface area (Å²) in [5.41, 5.74) is 2.90. The van der Waals surface area contributed by atoms with Crippen LogP contribution in [-0.4, -0.2) is 103 Å². The molecule has 0 amide bonds. The Balaban J connectivity index is 0.00000506. The molecule has 4 rings (SSSR count). The maximum atomic E-state index is 6.30. The van der Waals surface area contributed by atoms with Crippen molar-refractivity contribution in [2.75, 3.05) is 93.3 Å². The van der Waals surface area contributed by atoms with E-state index in [0.717, 1.165) is 66.9 Å². The highest BCUT2D eigenvalue weighted by molar-refractivity contribution is 5.33. The van der Waals surface area contributed by atoms with E-state index < -0.39 is 0 Å². The Kier molecular flexibility index (Phi) is 16.0. The highest BCUT2D eigenvalue weighted by Gasteiger charge is 2.16. The zero-order valence-electron chi connectivity index (χ0n) is 25.6. The molecular formula is C32H47N3O8. The number of rotatable bonds is 20. The lowest BCUT2D eigenvalue weighted by molar-refractivity contribution is 0.00544. The van der Waals surface area contributed by atoms with Crippen LogP contribution in [0.5, 0.6) is 11.5 Å². The van der Waals surface area contributed by atoms with Gasteiger partial charge in [0.25, 0.3) is 0 Å². The van der Waals surface area contributed by atoms with Crippen LogP contribution in [0.1, 0.15) is 28.5 Å². The molecule has 0 spiro atoms. The average molecular weight is 602 g/mol. The third-order valence-corrected chi connectivity index (χ3v) is 6.72. The number of aromatic nitrogens is 1. The van der Waals surface area contributed by atoms with Gasteiger partial charge in [-0.3, -0.25) is 4.90 Å². The Morgan fingerprint density at radius 1 is 0.744 bits per heavy atom. The van der Waals surface area contributed by atoms with Crippen LogP contribution in [0.4, 0.5) is 0 Å². The molecule has 3 aromatic rings. The van der Waals surface area contributed by atoms with Gasteiger partial charge >= 0.3 is 0 Å². The number of ether oxygens (including phenoxy) is 7. The lowest BCUT2D eigenvalue weighted by Gasteiger charge is -2.26. The van der Waals surface area contributed by atoms with Crippen LogP contribution in [0.2, 0.25) is 0 Å². The van der Waals surface area contributed by atoms with Crippen LogP contribution in [0.15, 0.2) is 52.9 Å². The minimum Gasteiger partial charge on any atom is -0.491 e. The zero-order chi connectivity index (χ0) is 29.2. The first-order valence-corrected chi connectivity index (χ1v) is 14.6. The van der Waals surface area contributed by atoms with Crippen molar-refractivity contribution in [3.05, 3.63) is 77.0 Å². The smallest absolute Gasteiger partial charge is 0.199 e. The second-order valence-electron chi connectivity index (χ2n) is 9.93. The topological polar surface area (TPSA) is 129 Å². The summed E-state index contributed by atoms with van der Waals surface area (Å²) in [6.45, 7) is 8.52. The number of oxazole rings is 1. The van der Waals surface area contributed by atoms with Crippen molar-refractivity contribution in [1.29, 1.82) is 0 Å². The third kappa shape index (κ3) is 12.6. The van der Waals surface area contributed by atoms with E-state index in [2.05, 4.69) is 11.0 Å². The number of methoxy groups -OCH3 is 2. The van der Waals surface area contributed by atoms with Gasteiger partial charge in [0.2, 0.25) is 0 Å². The maximum absolute atomic E-state index is 6.30. The first-order chi connectivity index (χ1) is 20.7. The molecule has 0 aliphatic carbocycles. The van der Waals surface area contributed by atoms with Gasteiger partial charge in [0.1, 0.15) is 36.2 Å². The number of morpholine rings is 1. The minimum absolute atomic E-state index is 0. The Morgan fingerprint density at radius 2 is 1.37 bits per heavy atom. The Morgan fingerprint density at radius 3 is 2.02 bits per heavy atom. The van der Waals surface area contributed by atoms with Gasteiger partial charge in [-0.05, 0) is 35.4 Å². The average Bonchev–Trinajstić information content (AvgIpc) is 3.38. The SMILES string of the molecule is COCCOc1cccc(Cc2nc(COCCOCCN3CCOCC3)c(Cc3cccc(OCCOC)c3)o2)c1.N. The molecule has 238 valence electrons. The number of nitrogens with zero attached hydrogens (tertiary/aromatic N) is 2. The number of benzene rings is 2. The van der Waals surface area contributed by atoms with E-state index in [-0.39, 0.29) is 6.15 Å². The van der Waals surface area contributed by atoms with Crippen molar-refractivity contribution in [2.24, 2.45) is 0 Å². The van der Waals surface area contributed by atoms with Crippen LogP contribution in [0.3, 0.4) is 0 Å². The molecule has 11 nitrogen and oxygen atoms in total. The third-order valence-electron chi connectivity index (χ3n) is 6.72. The fraction of sp³-hybridized carbons (Fsp3) is 0.531. The summed E-state index contributed by atoms with van der Waals surface area (Å²) in [5.74, 6) is 2.99. The zero-order valence-corrected chi connectivity index (χ0v) is 25.6.